The van der Waals surface area contributed by atoms with E-state index in [-0.39, 0.29) is 17.7 Å². The van der Waals surface area contributed by atoms with Crippen molar-refractivity contribution in [3.8, 4) is 0 Å². The molecule has 0 spiro atoms. The molecule has 1 atom stereocenters. The number of hydrogen-bond donors (Lipinski definition) is 3. The van der Waals surface area contributed by atoms with Gasteiger partial charge in [-0.05, 0) is 60.0 Å². The molecule has 1 unspecified atom stereocenters. The molecule has 0 aliphatic heterocycles. The summed E-state index contributed by atoms with van der Waals surface area (Å²) in [7, 11) is 0. The molecule has 0 aliphatic carbocycles. The highest BCUT2D eigenvalue weighted by atomic mass is 32.2. The molecule has 3 N–H and O–H groups in total. The van der Waals surface area contributed by atoms with Crippen LogP contribution in [0.3, 0.4) is 0 Å². The van der Waals surface area contributed by atoms with E-state index in [0.29, 0.717) is 11.4 Å². The first-order chi connectivity index (χ1) is 15.5. The van der Waals surface area contributed by atoms with Crippen molar-refractivity contribution in [1.29, 1.82) is 0 Å². The number of hydrogen-bond acceptors (Lipinski definition) is 4. The van der Waals surface area contributed by atoms with Crippen LogP contribution in [0, 0.1) is 11.6 Å². The van der Waals surface area contributed by atoms with Gasteiger partial charge >= 0.3 is 0 Å². The predicted molar refractivity (Wildman–Crippen MR) is 122 cm³/mol. The molecule has 2 amide bonds. The topological polar surface area (TPSA) is 70.2 Å². The van der Waals surface area contributed by atoms with Crippen LogP contribution in [0.5, 0.6) is 0 Å². The van der Waals surface area contributed by atoms with Gasteiger partial charge in [-0.25, -0.2) is 8.78 Å². The monoisotopic (exact) mass is 455 g/mol. The first-order valence-corrected chi connectivity index (χ1v) is 10.9. The highest BCUT2D eigenvalue weighted by molar-refractivity contribution is 7.97. The normalized spacial score (nSPS) is 11.6. The number of nitrogens with one attached hydrogen (secondary N) is 3. The fourth-order valence-corrected chi connectivity index (χ4v) is 3.53. The Balaban J connectivity index is 1.76. The Kier molecular flexibility index (Phi) is 8.35. The van der Waals surface area contributed by atoms with Crippen LogP contribution in [-0.4, -0.2) is 24.4 Å². The van der Waals surface area contributed by atoms with Gasteiger partial charge in [-0.1, -0.05) is 37.3 Å². The van der Waals surface area contributed by atoms with Crippen molar-refractivity contribution in [2.24, 2.45) is 0 Å². The highest BCUT2D eigenvalue weighted by Crippen LogP contribution is 2.22. The SMILES string of the molecule is CCNSc1ccc(NC(=O)C(Cc2ccccc2)NC(=O)c2ccc(F)cc2)cc1F. The van der Waals surface area contributed by atoms with Crippen LogP contribution in [0.15, 0.2) is 77.7 Å². The molecule has 166 valence electrons. The van der Waals surface area contributed by atoms with Crippen LogP contribution in [0.1, 0.15) is 22.8 Å². The molecule has 3 rings (SSSR count). The summed E-state index contributed by atoms with van der Waals surface area (Å²) < 4.78 is 30.5. The summed E-state index contributed by atoms with van der Waals surface area (Å²) in [5.41, 5.74) is 1.35. The lowest BCUT2D eigenvalue weighted by molar-refractivity contribution is -0.118. The zero-order valence-electron chi connectivity index (χ0n) is 17.4. The van der Waals surface area contributed by atoms with Gasteiger partial charge in [-0.15, -0.1) is 0 Å². The van der Waals surface area contributed by atoms with E-state index in [4.69, 9.17) is 0 Å². The van der Waals surface area contributed by atoms with Gasteiger partial charge in [0.15, 0.2) is 0 Å². The van der Waals surface area contributed by atoms with E-state index in [1.807, 2.05) is 37.3 Å². The first kappa shape index (κ1) is 23.4. The molecular formula is C24H23F2N3O2S. The maximum atomic E-state index is 14.3. The Morgan fingerprint density at radius 1 is 0.969 bits per heavy atom. The number of carbonyl (C=O) groups excluding carboxylic acids is 2. The quantitative estimate of drug-likeness (QED) is 0.414. The number of halogens is 2. The zero-order chi connectivity index (χ0) is 22.9. The number of carbonyl (C=O) groups is 2. The third-order valence-corrected chi connectivity index (χ3v) is 5.52. The third kappa shape index (κ3) is 6.63. The van der Waals surface area contributed by atoms with Gasteiger partial charge < -0.3 is 10.6 Å². The number of rotatable bonds is 9. The van der Waals surface area contributed by atoms with Crippen molar-refractivity contribution in [2.75, 3.05) is 11.9 Å². The van der Waals surface area contributed by atoms with Crippen LogP contribution in [-0.2, 0) is 11.2 Å². The summed E-state index contributed by atoms with van der Waals surface area (Å²) in [6.45, 7) is 2.59. The molecule has 32 heavy (non-hydrogen) atoms. The van der Waals surface area contributed by atoms with Crippen LogP contribution >= 0.6 is 11.9 Å². The second-order valence-corrected chi connectivity index (χ2v) is 7.89. The van der Waals surface area contributed by atoms with Gasteiger partial charge in [-0.3, -0.25) is 14.3 Å². The molecule has 0 fully saturated rings. The Hall–Kier alpha value is -3.23. The smallest absolute Gasteiger partial charge is 0.251 e. The Morgan fingerprint density at radius 3 is 2.34 bits per heavy atom. The fraction of sp³-hybridized carbons (Fsp3) is 0.167. The summed E-state index contributed by atoms with van der Waals surface area (Å²) >= 11 is 1.17. The number of benzene rings is 3. The van der Waals surface area contributed by atoms with E-state index in [9.17, 15) is 18.4 Å². The van der Waals surface area contributed by atoms with Crippen LogP contribution in [0.25, 0.3) is 0 Å². The van der Waals surface area contributed by atoms with Crippen LogP contribution in [0.4, 0.5) is 14.5 Å². The van der Waals surface area contributed by atoms with Crippen molar-refractivity contribution >= 4 is 29.4 Å². The van der Waals surface area contributed by atoms with Gasteiger partial charge in [0.05, 0.1) is 4.90 Å². The second-order valence-electron chi connectivity index (χ2n) is 6.96. The van der Waals surface area contributed by atoms with Crippen molar-refractivity contribution in [3.05, 3.63) is 95.6 Å². The minimum Gasteiger partial charge on any atom is -0.340 e. The second kappa shape index (κ2) is 11.4. The minimum atomic E-state index is -0.922. The fourth-order valence-electron chi connectivity index (χ4n) is 2.94. The lowest BCUT2D eigenvalue weighted by atomic mass is 10.0. The Bertz CT molecular complexity index is 1060. The molecule has 0 saturated carbocycles. The van der Waals surface area contributed by atoms with Crippen molar-refractivity contribution in [1.82, 2.24) is 10.0 Å². The highest BCUT2D eigenvalue weighted by Gasteiger charge is 2.22. The summed E-state index contributed by atoms with van der Waals surface area (Å²) in [5, 5.41) is 5.36. The van der Waals surface area contributed by atoms with Crippen LogP contribution in [0.2, 0.25) is 0 Å². The molecular weight excluding hydrogens is 432 g/mol. The summed E-state index contributed by atoms with van der Waals surface area (Å²) in [4.78, 5) is 26.0. The van der Waals surface area contributed by atoms with Gasteiger partial charge in [0, 0.05) is 24.2 Å². The van der Waals surface area contributed by atoms with E-state index in [1.54, 1.807) is 12.1 Å². The number of anilines is 1. The Labute approximate surface area is 189 Å². The summed E-state index contributed by atoms with van der Waals surface area (Å²) in [6, 6.07) is 17.7. The maximum Gasteiger partial charge on any atom is 0.251 e. The summed E-state index contributed by atoms with van der Waals surface area (Å²) in [6.07, 6.45) is 0.233. The molecule has 0 radical (unpaired) electrons. The number of amides is 2. The van der Waals surface area contributed by atoms with E-state index < -0.39 is 29.5 Å². The first-order valence-electron chi connectivity index (χ1n) is 10.1. The maximum absolute atomic E-state index is 14.3. The molecule has 0 saturated heterocycles. The molecule has 8 heteroatoms. The van der Waals surface area contributed by atoms with Crippen molar-refractivity contribution in [3.63, 3.8) is 0 Å². The molecule has 0 aliphatic rings. The lowest BCUT2D eigenvalue weighted by Crippen LogP contribution is -2.45. The third-order valence-electron chi connectivity index (χ3n) is 4.54. The van der Waals surface area contributed by atoms with Gasteiger partial charge in [-0.2, -0.15) is 0 Å². The summed E-state index contributed by atoms with van der Waals surface area (Å²) in [5.74, 6) is -1.93. The molecule has 3 aromatic rings. The zero-order valence-corrected chi connectivity index (χ0v) is 18.2. The van der Waals surface area contributed by atoms with Crippen LogP contribution < -0.4 is 15.4 Å². The van der Waals surface area contributed by atoms with Gasteiger partial charge in [0.1, 0.15) is 17.7 Å². The Morgan fingerprint density at radius 2 is 1.69 bits per heavy atom. The van der Waals surface area contributed by atoms with E-state index in [2.05, 4.69) is 15.4 Å². The van der Waals surface area contributed by atoms with Gasteiger partial charge in [0.2, 0.25) is 5.91 Å². The minimum absolute atomic E-state index is 0.230. The molecule has 0 aromatic heterocycles. The molecule has 0 bridgehead atoms. The standard InChI is InChI=1S/C24H23F2N3O2S/c1-2-27-32-22-13-12-19(15-20(22)26)28-24(31)21(14-16-6-4-3-5-7-16)29-23(30)17-8-10-18(25)11-9-17/h3-13,15,21,27H,2,14H2,1H3,(H,28,31)(H,29,30). The van der Waals surface area contributed by atoms with E-state index in [0.717, 1.165) is 5.56 Å². The van der Waals surface area contributed by atoms with E-state index in [1.165, 1.54) is 42.3 Å². The van der Waals surface area contributed by atoms with Crippen molar-refractivity contribution < 1.29 is 18.4 Å². The van der Waals surface area contributed by atoms with E-state index >= 15 is 0 Å². The lowest BCUT2D eigenvalue weighted by Gasteiger charge is -2.19. The molecule has 0 heterocycles. The average Bonchev–Trinajstić information content (AvgIpc) is 2.79. The van der Waals surface area contributed by atoms with Gasteiger partial charge in [0.25, 0.3) is 5.91 Å². The predicted octanol–water partition coefficient (Wildman–Crippen LogP) is 4.56. The molecule has 3 aromatic carbocycles. The largest absolute Gasteiger partial charge is 0.340 e. The average molecular weight is 456 g/mol. The molecule has 5 nitrogen and oxygen atoms in total. The van der Waals surface area contributed by atoms with Crippen molar-refractivity contribution in [2.45, 2.75) is 24.3 Å².